The Morgan fingerprint density at radius 1 is 1.27 bits per heavy atom. The number of carbonyl (C=O) groups is 1. The first-order chi connectivity index (χ1) is 10.5. The molecule has 1 aromatic carbocycles. The van der Waals surface area contributed by atoms with E-state index in [9.17, 15) is 4.79 Å². The molecular formula is C17H24N4O. The number of para-hydroxylation sites is 1. The number of hydrogen-bond acceptors (Lipinski definition) is 3. The van der Waals surface area contributed by atoms with Crippen LogP contribution < -0.4 is 10.6 Å². The Labute approximate surface area is 131 Å². The second-order valence-corrected chi connectivity index (χ2v) is 5.68. The lowest BCUT2D eigenvalue weighted by molar-refractivity contribution is -0.116. The van der Waals surface area contributed by atoms with Gasteiger partial charge >= 0.3 is 0 Å². The molecule has 1 atom stereocenters. The Hall–Kier alpha value is -2.30. The molecule has 2 N–H and O–H groups in total. The third kappa shape index (κ3) is 3.87. The summed E-state index contributed by atoms with van der Waals surface area (Å²) in [6, 6.07) is 7.57. The fraction of sp³-hybridized carbons (Fsp3) is 0.412. The molecule has 1 amide bonds. The molecule has 1 aromatic heterocycles. The van der Waals surface area contributed by atoms with Crippen LogP contribution in [0.25, 0.3) is 0 Å². The van der Waals surface area contributed by atoms with Crippen molar-refractivity contribution in [3.63, 3.8) is 0 Å². The van der Waals surface area contributed by atoms with E-state index in [0.717, 1.165) is 23.5 Å². The summed E-state index contributed by atoms with van der Waals surface area (Å²) in [6.07, 6.45) is 3.63. The molecule has 22 heavy (non-hydrogen) atoms. The van der Waals surface area contributed by atoms with Gasteiger partial charge in [0, 0.05) is 18.4 Å². The predicted molar refractivity (Wildman–Crippen MR) is 90.1 cm³/mol. The smallest absolute Gasteiger partial charge is 0.246 e. The van der Waals surface area contributed by atoms with Gasteiger partial charge in [0.05, 0.1) is 11.9 Å². The van der Waals surface area contributed by atoms with Gasteiger partial charge in [-0.2, -0.15) is 5.10 Å². The number of rotatable bonds is 6. The minimum absolute atomic E-state index is 0.0580. The lowest BCUT2D eigenvalue weighted by Crippen LogP contribution is -2.32. The van der Waals surface area contributed by atoms with Crippen LogP contribution in [0.5, 0.6) is 0 Å². The molecule has 5 heteroatoms. The SMILES string of the molecule is CCn1cc(N[C@@H](C)C(=O)Nc2ccccc2C(C)C)cn1. The molecule has 0 radical (unpaired) electrons. The average Bonchev–Trinajstić information content (AvgIpc) is 2.95. The van der Waals surface area contributed by atoms with E-state index in [1.165, 1.54) is 0 Å². The monoisotopic (exact) mass is 300 g/mol. The van der Waals surface area contributed by atoms with E-state index in [0.29, 0.717) is 5.92 Å². The van der Waals surface area contributed by atoms with E-state index in [1.807, 2.05) is 49.0 Å². The standard InChI is InChI=1S/C17H24N4O/c1-5-21-11-14(10-18-21)19-13(4)17(22)20-16-9-7-6-8-15(16)12(2)3/h6-13,19H,5H2,1-4H3,(H,20,22)/t13-/m0/s1. The number of carbonyl (C=O) groups excluding carboxylic acids is 1. The van der Waals surface area contributed by atoms with Gasteiger partial charge in [-0.1, -0.05) is 32.0 Å². The number of aromatic nitrogens is 2. The van der Waals surface area contributed by atoms with Crippen LogP contribution in [0, 0.1) is 0 Å². The first-order valence-corrected chi connectivity index (χ1v) is 7.70. The molecule has 118 valence electrons. The number of benzene rings is 1. The van der Waals surface area contributed by atoms with Crippen molar-refractivity contribution in [2.75, 3.05) is 10.6 Å². The van der Waals surface area contributed by atoms with Gasteiger partial charge in [-0.3, -0.25) is 9.48 Å². The van der Waals surface area contributed by atoms with Crippen molar-refractivity contribution in [3.8, 4) is 0 Å². The van der Waals surface area contributed by atoms with Gasteiger partial charge in [0.15, 0.2) is 0 Å². The van der Waals surface area contributed by atoms with Crippen molar-refractivity contribution >= 4 is 17.3 Å². The number of anilines is 2. The van der Waals surface area contributed by atoms with Crippen LogP contribution in [0.4, 0.5) is 11.4 Å². The second-order valence-electron chi connectivity index (χ2n) is 5.68. The third-order valence-corrected chi connectivity index (χ3v) is 3.57. The molecule has 0 saturated carbocycles. The van der Waals surface area contributed by atoms with E-state index < -0.39 is 0 Å². The van der Waals surface area contributed by atoms with E-state index in [4.69, 9.17) is 0 Å². The molecule has 0 aliphatic rings. The fourth-order valence-corrected chi connectivity index (χ4v) is 2.28. The molecular weight excluding hydrogens is 276 g/mol. The number of aryl methyl sites for hydroxylation is 1. The maximum Gasteiger partial charge on any atom is 0.246 e. The van der Waals surface area contributed by atoms with Gasteiger partial charge in [0.25, 0.3) is 0 Å². The highest BCUT2D eigenvalue weighted by molar-refractivity contribution is 5.96. The van der Waals surface area contributed by atoms with Crippen molar-refractivity contribution in [3.05, 3.63) is 42.2 Å². The molecule has 0 fully saturated rings. The van der Waals surface area contributed by atoms with Crippen LogP contribution in [-0.4, -0.2) is 21.7 Å². The summed E-state index contributed by atoms with van der Waals surface area (Å²) >= 11 is 0. The minimum atomic E-state index is -0.338. The van der Waals surface area contributed by atoms with Gasteiger partial charge in [0.2, 0.25) is 5.91 Å². The number of hydrogen-bond donors (Lipinski definition) is 2. The zero-order valence-electron chi connectivity index (χ0n) is 13.6. The lowest BCUT2D eigenvalue weighted by Gasteiger charge is -2.17. The maximum absolute atomic E-state index is 12.4. The van der Waals surface area contributed by atoms with Gasteiger partial charge in [0.1, 0.15) is 6.04 Å². The predicted octanol–water partition coefficient (Wildman–Crippen LogP) is 3.47. The zero-order valence-corrected chi connectivity index (χ0v) is 13.6. The van der Waals surface area contributed by atoms with Crippen LogP contribution in [0.2, 0.25) is 0 Å². The van der Waals surface area contributed by atoms with Gasteiger partial charge < -0.3 is 10.6 Å². The van der Waals surface area contributed by atoms with Crippen molar-refractivity contribution < 1.29 is 4.79 Å². The van der Waals surface area contributed by atoms with Gasteiger partial charge in [-0.25, -0.2) is 0 Å². The van der Waals surface area contributed by atoms with E-state index in [1.54, 1.807) is 6.20 Å². The molecule has 2 rings (SSSR count). The molecule has 0 bridgehead atoms. The van der Waals surface area contributed by atoms with E-state index in [2.05, 4.69) is 29.6 Å². The summed E-state index contributed by atoms with van der Waals surface area (Å²) < 4.78 is 1.82. The summed E-state index contributed by atoms with van der Waals surface area (Å²) in [5.74, 6) is 0.305. The highest BCUT2D eigenvalue weighted by Gasteiger charge is 2.15. The minimum Gasteiger partial charge on any atom is -0.371 e. The quantitative estimate of drug-likeness (QED) is 0.859. The van der Waals surface area contributed by atoms with E-state index in [-0.39, 0.29) is 11.9 Å². The molecule has 0 spiro atoms. The Morgan fingerprint density at radius 3 is 2.64 bits per heavy atom. The van der Waals surface area contributed by atoms with Crippen molar-refractivity contribution in [1.82, 2.24) is 9.78 Å². The fourth-order valence-electron chi connectivity index (χ4n) is 2.28. The second kappa shape index (κ2) is 7.11. The summed E-state index contributed by atoms with van der Waals surface area (Å²) in [7, 11) is 0. The Balaban J connectivity index is 2.02. The van der Waals surface area contributed by atoms with Crippen molar-refractivity contribution in [1.29, 1.82) is 0 Å². The Kier molecular flexibility index (Phi) is 5.20. The van der Waals surface area contributed by atoms with Gasteiger partial charge in [-0.05, 0) is 31.4 Å². The summed E-state index contributed by atoms with van der Waals surface area (Å²) in [5, 5.41) is 10.4. The summed E-state index contributed by atoms with van der Waals surface area (Å²) in [5.41, 5.74) is 2.86. The summed E-state index contributed by atoms with van der Waals surface area (Å²) in [6.45, 7) is 8.91. The van der Waals surface area contributed by atoms with Gasteiger partial charge in [-0.15, -0.1) is 0 Å². The van der Waals surface area contributed by atoms with Crippen LogP contribution in [-0.2, 0) is 11.3 Å². The van der Waals surface area contributed by atoms with Crippen LogP contribution in [0.1, 0.15) is 39.2 Å². The summed E-state index contributed by atoms with van der Waals surface area (Å²) in [4.78, 5) is 12.4. The largest absolute Gasteiger partial charge is 0.371 e. The van der Waals surface area contributed by atoms with E-state index >= 15 is 0 Å². The van der Waals surface area contributed by atoms with Crippen LogP contribution in [0.15, 0.2) is 36.7 Å². The zero-order chi connectivity index (χ0) is 16.1. The highest BCUT2D eigenvalue weighted by Crippen LogP contribution is 2.23. The molecule has 0 aliphatic heterocycles. The van der Waals surface area contributed by atoms with Crippen LogP contribution in [0.3, 0.4) is 0 Å². The maximum atomic E-state index is 12.4. The molecule has 0 unspecified atom stereocenters. The highest BCUT2D eigenvalue weighted by atomic mass is 16.2. The Bertz CT molecular complexity index is 633. The van der Waals surface area contributed by atoms with Crippen molar-refractivity contribution in [2.24, 2.45) is 0 Å². The molecule has 1 heterocycles. The third-order valence-electron chi connectivity index (χ3n) is 3.57. The number of amides is 1. The molecule has 0 saturated heterocycles. The normalized spacial score (nSPS) is 12.2. The lowest BCUT2D eigenvalue weighted by atomic mass is 10.0. The molecule has 0 aliphatic carbocycles. The molecule has 2 aromatic rings. The van der Waals surface area contributed by atoms with Crippen molar-refractivity contribution in [2.45, 2.75) is 46.2 Å². The topological polar surface area (TPSA) is 59.0 Å². The Morgan fingerprint density at radius 2 is 2.00 bits per heavy atom. The average molecular weight is 300 g/mol. The molecule has 5 nitrogen and oxygen atoms in total. The number of nitrogens with one attached hydrogen (secondary N) is 2. The number of nitrogens with zero attached hydrogens (tertiary/aromatic N) is 2. The first-order valence-electron chi connectivity index (χ1n) is 7.70. The first kappa shape index (κ1) is 16.1. The van der Waals surface area contributed by atoms with Crippen LogP contribution >= 0.6 is 0 Å².